The van der Waals surface area contributed by atoms with E-state index < -0.39 is 24.0 Å². The highest BCUT2D eigenvalue weighted by Gasteiger charge is 2.37. The van der Waals surface area contributed by atoms with Crippen LogP contribution < -0.4 is 5.32 Å². The molecule has 3 aliphatic heterocycles. The van der Waals surface area contributed by atoms with E-state index in [-0.39, 0.29) is 56.6 Å². The molecular formula is C33H39N3O7. The van der Waals surface area contributed by atoms with E-state index in [2.05, 4.69) is 5.32 Å². The molecule has 0 aliphatic carbocycles. The van der Waals surface area contributed by atoms with Crippen LogP contribution in [0.15, 0.2) is 66.7 Å². The molecule has 3 heterocycles. The van der Waals surface area contributed by atoms with Gasteiger partial charge in [-0.3, -0.25) is 9.59 Å². The highest BCUT2D eigenvalue weighted by molar-refractivity contribution is 5.87. The van der Waals surface area contributed by atoms with Gasteiger partial charge in [0.2, 0.25) is 11.8 Å². The topological polar surface area (TPSA) is 125 Å². The van der Waals surface area contributed by atoms with Crippen LogP contribution in [0.3, 0.4) is 0 Å². The number of benzene rings is 2. The van der Waals surface area contributed by atoms with Crippen LogP contribution in [-0.4, -0.2) is 76.7 Å². The zero-order chi connectivity index (χ0) is 30.2. The molecule has 10 heteroatoms. The number of allylic oxidation sites excluding steroid dienone is 1. The van der Waals surface area contributed by atoms with Crippen LogP contribution in [-0.2, 0) is 43.4 Å². The van der Waals surface area contributed by atoms with E-state index in [1.165, 1.54) is 0 Å². The number of hydrogen-bond acceptors (Lipinski definition) is 7. The van der Waals surface area contributed by atoms with Gasteiger partial charge >= 0.3 is 12.1 Å². The first-order chi connectivity index (χ1) is 20.9. The number of aliphatic hydroxyl groups excluding tert-OH is 1. The Morgan fingerprint density at radius 3 is 2.53 bits per heavy atom. The number of amides is 3. The molecule has 3 amide bonds. The highest BCUT2D eigenvalue weighted by Crippen LogP contribution is 2.28. The van der Waals surface area contributed by atoms with Gasteiger partial charge in [0.25, 0.3) is 0 Å². The average molecular weight is 590 g/mol. The van der Waals surface area contributed by atoms with Gasteiger partial charge in [0, 0.05) is 19.5 Å². The van der Waals surface area contributed by atoms with Crippen molar-refractivity contribution in [3.05, 3.63) is 83.4 Å². The largest absolute Gasteiger partial charge is 0.462 e. The molecule has 43 heavy (non-hydrogen) atoms. The number of nitrogens with one attached hydrogen (secondary N) is 1. The minimum Gasteiger partial charge on any atom is -0.462 e. The quantitative estimate of drug-likeness (QED) is 0.392. The molecular weight excluding hydrogens is 550 g/mol. The number of ether oxygens (including phenoxy) is 2. The van der Waals surface area contributed by atoms with Crippen molar-refractivity contribution in [2.24, 2.45) is 5.92 Å². The zero-order valence-electron chi connectivity index (χ0n) is 24.2. The van der Waals surface area contributed by atoms with Gasteiger partial charge in [-0.15, -0.1) is 0 Å². The standard InChI is InChI=1S/C33H39N3O7/c37-20-28-17-24-11-4-5-13-26(24)19-36(28)30(38)18-25-12-6-7-15-29(34-33(41)43-21-23-9-2-1-3-10-23)32(40)42-22-27-14-8-16-35(27)31(25)39/h1-7,9-11,13,25,27-29,37H,8,12,14-22H2,(H,34,41). The Morgan fingerprint density at radius 1 is 1.00 bits per heavy atom. The third-order valence-electron chi connectivity index (χ3n) is 8.48. The minimum atomic E-state index is -0.955. The molecule has 2 N–H and O–H groups in total. The number of fused-ring (bicyclic) bond motifs is 2. The summed E-state index contributed by atoms with van der Waals surface area (Å²) in [6.07, 6.45) is 5.28. The fourth-order valence-corrected chi connectivity index (χ4v) is 6.07. The third-order valence-corrected chi connectivity index (χ3v) is 8.48. The Bertz CT molecular complexity index is 1330. The van der Waals surface area contributed by atoms with E-state index in [1.54, 1.807) is 22.0 Å². The maximum Gasteiger partial charge on any atom is 0.408 e. The number of esters is 1. The molecule has 1 fully saturated rings. The molecule has 1 saturated heterocycles. The van der Waals surface area contributed by atoms with Gasteiger partial charge in [0.1, 0.15) is 19.3 Å². The molecule has 2 aromatic carbocycles. The minimum absolute atomic E-state index is 0.0122. The van der Waals surface area contributed by atoms with Crippen LogP contribution in [0.25, 0.3) is 0 Å². The Labute approximate surface area is 251 Å². The number of aliphatic hydroxyl groups is 1. The molecule has 10 nitrogen and oxygen atoms in total. The van der Waals surface area contributed by atoms with Gasteiger partial charge in [-0.1, -0.05) is 66.7 Å². The smallest absolute Gasteiger partial charge is 0.408 e. The van der Waals surface area contributed by atoms with E-state index in [0.717, 1.165) is 23.1 Å². The normalized spacial score (nSPS) is 24.2. The fourth-order valence-electron chi connectivity index (χ4n) is 6.07. The van der Waals surface area contributed by atoms with Crippen LogP contribution >= 0.6 is 0 Å². The molecule has 4 unspecified atom stereocenters. The summed E-state index contributed by atoms with van der Waals surface area (Å²) in [5.74, 6) is -1.49. The summed E-state index contributed by atoms with van der Waals surface area (Å²) < 4.78 is 10.9. The number of nitrogens with zero attached hydrogens (tertiary/aromatic N) is 2. The number of carbonyl (C=O) groups is 4. The lowest BCUT2D eigenvalue weighted by Crippen LogP contribution is -2.48. The van der Waals surface area contributed by atoms with Gasteiger partial charge in [-0.05, 0) is 48.8 Å². The van der Waals surface area contributed by atoms with Gasteiger partial charge in [-0.2, -0.15) is 0 Å². The number of rotatable bonds is 6. The second-order valence-corrected chi connectivity index (χ2v) is 11.4. The summed E-state index contributed by atoms with van der Waals surface area (Å²) in [6, 6.07) is 15.6. The highest BCUT2D eigenvalue weighted by atomic mass is 16.6. The summed E-state index contributed by atoms with van der Waals surface area (Å²) in [5.41, 5.74) is 2.99. The monoisotopic (exact) mass is 589 g/mol. The van der Waals surface area contributed by atoms with Gasteiger partial charge < -0.3 is 29.7 Å². The summed E-state index contributed by atoms with van der Waals surface area (Å²) in [7, 11) is 0. The molecule has 4 atom stereocenters. The Kier molecular flexibility index (Phi) is 10.1. The maximum atomic E-state index is 13.7. The SMILES string of the molecule is O=C(NC1CC=CCC(CC(=O)N2Cc3ccccc3CC2CO)C(=O)N2CCCC2COC1=O)OCc1ccccc1. The number of hydrogen-bond donors (Lipinski definition) is 2. The zero-order valence-corrected chi connectivity index (χ0v) is 24.2. The molecule has 5 rings (SSSR count). The fraction of sp³-hybridized carbons (Fsp3) is 0.455. The van der Waals surface area contributed by atoms with Crippen molar-refractivity contribution >= 4 is 23.9 Å². The van der Waals surface area contributed by atoms with E-state index in [9.17, 15) is 24.3 Å². The van der Waals surface area contributed by atoms with E-state index in [1.807, 2.05) is 54.6 Å². The summed E-state index contributed by atoms with van der Waals surface area (Å²) in [5, 5.41) is 12.7. The van der Waals surface area contributed by atoms with Crippen molar-refractivity contribution in [2.45, 2.75) is 69.8 Å². The predicted molar refractivity (Wildman–Crippen MR) is 157 cm³/mol. The number of carbonyl (C=O) groups excluding carboxylic acids is 4. The van der Waals surface area contributed by atoms with Crippen LogP contribution in [0.5, 0.6) is 0 Å². The lowest BCUT2D eigenvalue weighted by molar-refractivity contribution is -0.151. The van der Waals surface area contributed by atoms with Gasteiger partial charge in [-0.25, -0.2) is 9.59 Å². The lowest BCUT2D eigenvalue weighted by Gasteiger charge is -2.37. The van der Waals surface area contributed by atoms with Crippen molar-refractivity contribution in [2.75, 3.05) is 19.8 Å². The van der Waals surface area contributed by atoms with E-state index >= 15 is 0 Å². The Hall–Kier alpha value is -4.18. The molecule has 0 radical (unpaired) electrons. The Balaban J connectivity index is 1.27. The molecule has 2 aromatic rings. The summed E-state index contributed by atoms with van der Waals surface area (Å²) in [4.78, 5) is 56.2. The number of cyclic esters (lactones) is 1. The van der Waals surface area contributed by atoms with Gasteiger partial charge in [0.15, 0.2) is 0 Å². The van der Waals surface area contributed by atoms with Crippen molar-refractivity contribution in [1.29, 1.82) is 0 Å². The second kappa shape index (κ2) is 14.3. The average Bonchev–Trinajstić information content (AvgIpc) is 3.51. The summed E-state index contributed by atoms with van der Waals surface area (Å²) in [6.45, 7) is 0.854. The van der Waals surface area contributed by atoms with Crippen LogP contribution in [0.1, 0.15) is 48.8 Å². The molecule has 0 aromatic heterocycles. The first-order valence-electron chi connectivity index (χ1n) is 15.0. The van der Waals surface area contributed by atoms with Crippen LogP contribution in [0.2, 0.25) is 0 Å². The lowest BCUT2D eigenvalue weighted by atomic mass is 9.92. The van der Waals surface area contributed by atoms with Crippen molar-refractivity contribution < 1.29 is 33.8 Å². The van der Waals surface area contributed by atoms with Crippen LogP contribution in [0, 0.1) is 5.92 Å². The van der Waals surface area contributed by atoms with Crippen LogP contribution in [0.4, 0.5) is 4.79 Å². The van der Waals surface area contributed by atoms with E-state index in [0.29, 0.717) is 32.4 Å². The molecule has 228 valence electrons. The Morgan fingerprint density at radius 2 is 1.74 bits per heavy atom. The molecule has 0 spiro atoms. The van der Waals surface area contributed by atoms with Gasteiger partial charge in [0.05, 0.1) is 24.6 Å². The van der Waals surface area contributed by atoms with Crippen molar-refractivity contribution in [3.63, 3.8) is 0 Å². The molecule has 0 bridgehead atoms. The third kappa shape index (κ3) is 7.62. The maximum absolute atomic E-state index is 13.7. The second-order valence-electron chi connectivity index (χ2n) is 11.4. The first kappa shape index (κ1) is 30.3. The molecule has 3 aliphatic rings. The van der Waals surface area contributed by atoms with Crippen molar-refractivity contribution in [3.8, 4) is 0 Å². The first-order valence-corrected chi connectivity index (χ1v) is 15.0. The van der Waals surface area contributed by atoms with E-state index in [4.69, 9.17) is 9.47 Å². The van der Waals surface area contributed by atoms with Crippen molar-refractivity contribution in [1.82, 2.24) is 15.1 Å². The predicted octanol–water partition coefficient (Wildman–Crippen LogP) is 3.12. The molecule has 0 saturated carbocycles. The summed E-state index contributed by atoms with van der Waals surface area (Å²) >= 11 is 0. The number of alkyl carbamates (subject to hydrolysis) is 1.